The molecule has 0 atom stereocenters. The summed E-state index contributed by atoms with van der Waals surface area (Å²) in [5.41, 5.74) is 4.63. The Kier molecular flexibility index (Phi) is 5.13. The lowest BCUT2D eigenvalue weighted by molar-refractivity contribution is 0.308. The summed E-state index contributed by atoms with van der Waals surface area (Å²) in [5, 5.41) is 8.88. The molecule has 1 heteroatoms. The van der Waals surface area contributed by atoms with Crippen molar-refractivity contribution in [3.05, 3.63) is 59.7 Å². The number of benzene rings is 2. The van der Waals surface area contributed by atoms with Crippen molar-refractivity contribution in [3.63, 3.8) is 0 Å². The first kappa shape index (κ1) is 15.8. The molecule has 0 bridgehead atoms. The topological polar surface area (TPSA) is 23.8 Å². The van der Waals surface area contributed by atoms with Gasteiger partial charge in [0.1, 0.15) is 0 Å². The molecule has 0 spiro atoms. The van der Waals surface area contributed by atoms with Gasteiger partial charge in [-0.15, -0.1) is 0 Å². The highest BCUT2D eigenvalue weighted by Gasteiger charge is 2.21. The van der Waals surface area contributed by atoms with Gasteiger partial charge in [-0.1, -0.05) is 56.2 Å². The third kappa shape index (κ3) is 3.82. The highest BCUT2D eigenvalue weighted by Crippen LogP contribution is 2.37. The van der Waals surface area contributed by atoms with Crippen LogP contribution in [0.25, 0.3) is 11.1 Å². The fourth-order valence-corrected chi connectivity index (χ4v) is 3.88. The van der Waals surface area contributed by atoms with Crippen LogP contribution in [0.3, 0.4) is 0 Å². The van der Waals surface area contributed by atoms with E-state index >= 15 is 0 Å². The second kappa shape index (κ2) is 7.47. The van der Waals surface area contributed by atoms with E-state index in [1.165, 1.54) is 55.2 Å². The van der Waals surface area contributed by atoms with Crippen LogP contribution >= 0.6 is 0 Å². The van der Waals surface area contributed by atoms with Gasteiger partial charge in [0.15, 0.2) is 0 Å². The normalized spacial score (nSPS) is 20.9. The van der Waals surface area contributed by atoms with Crippen molar-refractivity contribution < 1.29 is 0 Å². The molecule has 0 saturated heterocycles. The first-order chi connectivity index (χ1) is 11.3. The number of hydrogen-bond acceptors (Lipinski definition) is 1. The third-order valence-corrected chi connectivity index (χ3v) is 5.27. The molecule has 1 saturated carbocycles. The van der Waals surface area contributed by atoms with Crippen LogP contribution in [-0.4, -0.2) is 0 Å². The van der Waals surface area contributed by atoms with E-state index in [4.69, 9.17) is 5.26 Å². The molecule has 2 aromatic rings. The number of rotatable bonds is 4. The summed E-state index contributed by atoms with van der Waals surface area (Å²) in [7, 11) is 0. The van der Waals surface area contributed by atoms with Crippen molar-refractivity contribution in [1.82, 2.24) is 0 Å². The van der Waals surface area contributed by atoms with E-state index in [2.05, 4.69) is 37.3 Å². The second-order valence-electron chi connectivity index (χ2n) is 6.82. The zero-order chi connectivity index (χ0) is 16.1. The fraction of sp³-hybridized carbons (Fsp3) is 0.409. The lowest BCUT2D eigenvalue weighted by atomic mass is 9.77. The van der Waals surface area contributed by atoms with E-state index in [1.807, 2.05) is 24.3 Å². The van der Waals surface area contributed by atoms with Crippen molar-refractivity contribution in [1.29, 1.82) is 5.26 Å². The zero-order valence-electron chi connectivity index (χ0n) is 14.0. The molecule has 1 fully saturated rings. The van der Waals surface area contributed by atoms with Gasteiger partial charge in [0.05, 0.1) is 11.6 Å². The fourth-order valence-electron chi connectivity index (χ4n) is 3.88. The minimum Gasteiger partial charge on any atom is -0.192 e. The predicted molar refractivity (Wildman–Crippen MR) is 96.2 cm³/mol. The molecule has 0 aromatic heterocycles. The molecular weight excluding hydrogens is 278 g/mol. The Morgan fingerprint density at radius 3 is 1.96 bits per heavy atom. The van der Waals surface area contributed by atoms with E-state index in [-0.39, 0.29) is 0 Å². The van der Waals surface area contributed by atoms with Crippen LogP contribution in [-0.2, 0) is 0 Å². The number of hydrogen-bond donors (Lipinski definition) is 0. The first-order valence-corrected chi connectivity index (χ1v) is 8.90. The second-order valence-corrected chi connectivity index (χ2v) is 6.82. The summed E-state index contributed by atoms with van der Waals surface area (Å²) >= 11 is 0. The van der Waals surface area contributed by atoms with Crippen molar-refractivity contribution in [2.45, 2.75) is 51.4 Å². The van der Waals surface area contributed by atoms with Crippen molar-refractivity contribution in [3.8, 4) is 17.2 Å². The zero-order valence-corrected chi connectivity index (χ0v) is 14.0. The molecule has 2 aromatic carbocycles. The summed E-state index contributed by atoms with van der Waals surface area (Å²) in [4.78, 5) is 0. The smallest absolute Gasteiger partial charge is 0.0991 e. The van der Waals surface area contributed by atoms with Gasteiger partial charge in [-0.05, 0) is 66.3 Å². The summed E-state index contributed by atoms with van der Waals surface area (Å²) < 4.78 is 0. The highest BCUT2D eigenvalue weighted by molar-refractivity contribution is 5.64. The van der Waals surface area contributed by atoms with E-state index in [9.17, 15) is 0 Å². The summed E-state index contributed by atoms with van der Waals surface area (Å²) in [6.45, 7) is 2.30. The average molecular weight is 303 g/mol. The van der Waals surface area contributed by atoms with Gasteiger partial charge in [0, 0.05) is 0 Å². The van der Waals surface area contributed by atoms with Crippen molar-refractivity contribution >= 4 is 0 Å². The molecule has 0 aliphatic heterocycles. The standard InChI is InChI=1S/C22H25N/c1-2-3-17-4-8-19(9-5-17)21-12-14-22(15-13-21)20-10-6-18(16-23)7-11-20/h6-7,10-15,17,19H,2-5,8-9H2,1H3/t17-,19-. The molecule has 23 heavy (non-hydrogen) atoms. The van der Waals surface area contributed by atoms with Crippen molar-refractivity contribution in [2.24, 2.45) is 5.92 Å². The van der Waals surface area contributed by atoms with E-state index < -0.39 is 0 Å². The summed E-state index contributed by atoms with van der Waals surface area (Å²) in [6, 6.07) is 19.1. The molecule has 0 amide bonds. The summed E-state index contributed by atoms with van der Waals surface area (Å²) in [6.07, 6.45) is 8.23. The monoisotopic (exact) mass is 303 g/mol. The lowest BCUT2D eigenvalue weighted by Gasteiger charge is -2.28. The molecule has 0 unspecified atom stereocenters. The van der Waals surface area contributed by atoms with Crippen LogP contribution < -0.4 is 0 Å². The van der Waals surface area contributed by atoms with Gasteiger partial charge in [0.25, 0.3) is 0 Å². The largest absolute Gasteiger partial charge is 0.192 e. The van der Waals surface area contributed by atoms with Crippen LogP contribution in [0.2, 0.25) is 0 Å². The highest BCUT2D eigenvalue weighted by atomic mass is 14.3. The molecule has 0 radical (unpaired) electrons. The minimum absolute atomic E-state index is 0.717. The third-order valence-electron chi connectivity index (χ3n) is 5.27. The molecular formula is C22H25N. The van der Waals surface area contributed by atoms with E-state index in [0.29, 0.717) is 5.56 Å². The van der Waals surface area contributed by atoms with Gasteiger partial charge in [0.2, 0.25) is 0 Å². The van der Waals surface area contributed by atoms with Gasteiger partial charge in [-0.3, -0.25) is 0 Å². The maximum atomic E-state index is 8.88. The Hall–Kier alpha value is -2.07. The van der Waals surface area contributed by atoms with Crippen LogP contribution in [0, 0.1) is 17.2 Å². The van der Waals surface area contributed by atoms with Gasteiger partial charge < -0.3 is 0 Å². The van der Waals surface area contributed by atoms with E-state index in [0.717, 1.165) is 11.8 Å². The van der Waals surface area contributed by atoms with Crippen molar-refractivity contribution in [2.75, 3.05) is 0 Å². The summed E-state index contributed by atoms with van der Waals surface area (Å²) in [5.74, 6) is 1.72. The maximum absolute atomic E-state index is 8.88. The SMILES string of the molecule is CCC[C@H]1CC[C@H](c2ccc(-c3ccc(C#N)cc3)cc2)CC1. The lowest BCUT2D eigenvalue weighted by Crippen LogP contribution is -2.13. The Bertz CT molecular complexity index is 653. The predicted octanol–water partition coefficient (Wildman–Crippen LogP) is 6.30. The Morgan fingerprint density at radius 2 is 1.43 bits per heavy atom. The Morgan fingerprint density at radius 1 is 0.870 bits per heavy atom. The van der Waals surface area contributed by atoms with Crippen LogP contribution in [0.5, 0.6) is 0 Å². The van der Waals surface area contributed by atoms with Crippen LogP contribution in [0.15, 0.2) is 48.5 Å². The number of nitrogens with zero attached hydrogens (tertiary/aromatic N) is 1. The van der Waals surface area contributed by atoms with Crippen LogP contribution in [0.1, 0.15) is 62.5 Å². The van der Waals surface area contributed by atoms with Gasteiger partial charge in [-0.2, -0.15) is 5.26 Å². The molecule has 1 nitrogen and oxygen atoms in total. The molecule has 0 N–H and O–H groups in total. The van der Waals surface area contributed by atoms with E-state index in [1.54, 1.807) is 0 Å². The molecule has 3 rings (SSSR count). The number of nitriles is 1. The molecule has 1 aliphatic carbocycles. The first-order valence-electron chi connectivity index (χ1n) is 8.90. The maximum Gasteiger partial charge on any atom is 0.0991 e. The average Bonchev–Trinajstić information content (AvgIpc) is 2.63. The molecule has 1 aliphatic rings. The molecule has 0 heterocycles. The molecule has 118 valence electrons. The Balaban J connectivity index is 1.66. The Labute approximate surface area is 140 Å². The van der Waals surface area contributed by atoms with Gasteiger partial charge >= 0.3 is 0 Å². The minimum atomic E-state index is 0.717. The quantitative estimate of drug-likeness (QED) is 0.650. The van der Waals surface area contributed by atoms with Crippen LogP contribution in [0.4, 0.5) is 0 Å². The van der Waals surface area contributed by atoms with Gasteiger partial charge in [-0.25, -0.2) is 0 Å².